The fourth-order valence-electron chi connectivity index (χ4n) is 16.8. The Balaban J connectivity index is 1.26. The van der Waals surface area contributed by atoms with Crippen molar-refractivity contribution in [3.63, 3.8) is 0 Å². The molecular formula is C78H138S6. The van der Waals surface area contributed by atoms with Crippen molar-refractivity contribution >= 4 is 70.6 Å². The van der Waals surface area contributed by atoms with Crippen molar-refractivity contribution in [2.24, 2.45) is 71.0 Å². The van der Waals surface area contributed by atoms with Gasteiger partial charge in [0.15, 0.2) is 0 Å². The van der Waals surface area contributed by atoms with Gasteiger partial charge in [0, 0.05) is 63.9 Å². The summed E-state index contributed by atoms with van der Waals surface area (Å²) in [5.41, 5.74) is 0. The van der Waals surface area contributed by atoms with E-state index in [1.807, 2.05) is 29.4 Å². The monoisotopic (exact) mass is 1270 g/mol. The van der Waals surface area contributed by atoms with Gasteiger partial charge in [-0.3, -0.25) is 0 Å². The molecule has 1 aromatic rings. The summed E-state index contributed by atoms with van der Waals surface area (Å²) in [7, 11) is 0. The SMILES string of the molecule is CCCCCC1CCC(CSc2c(SCC3CCC(CCCCC)CC3)c(SCC3CCC(CCCCC)CC3)c(SCC3CCC(CCCCC)CC3)c(SCC3CCC(CCCCC)CC3)c2SCC2CCC(CCCCC)CC2)CC1. The zero-order valence-corrected chi connectivity index (χ0v) is 61.5. The van der Waals surface area contributed by atoms with Gasteiger partial charge in [-0.05, 0) is 148 Å². The molecule has 6 heteroatoms. The molecule has 0 bridgehead atoms. The summed E-state index contributed by atoms with van der Waals surface area (Å²) in [5, 5.41) is 0. The second kappa shape index (κ2) is 44.0. The lowest BCUT2D eigenvalue weighted by atomic mass is 9.80. The van der Waals surface area contributed by atoms with Crippen molar-refractivity contribution in [2.75, 3.05) is 34.5 Å². The molecule has 0 aliphatic heterocycles. The number of unbranched alkanes of at least 4 members (excludes halogenated alkanes) is 12. The Morgan fingerprint density at radius 1 is 0.179 bits per heavy atom. The molecular weight excluding hydrogens is 1130 g/mol. The van der Waals surface area contributed by atoms with Crippen LogP contribution in [0.1, 0.15) is 350 Å². The molecule has 6 fully saturated rings. The lowest BCUT2D eigenvalue weighted by Gasteiger charge is -2.33. The van der Waals surface area contributed by atoms with Crippen molar-refractivity contribution in [2.45, 2.75) is 379 Å². The first-order valence-corrected chi connectivity index (χ1v) is 44.3. The average Bonchev–Trinajstić information content (AvgIpc) is 3.49. The van der Waals surface area contributed by atoms with E-state index in [9.17, 15) is 0 Å². The first-order valence-electron chi connectivity index (χ1n) is 38.4. The molecule has 6 saturated carbocycles. The highest BCUT2D eigenvalue weighted by molar-refractivity contribution is 8.06. The lowest BCUT2D eigenvalue weighted by Crippen LogP contribution is -2.18. The molecule has 0 aromatic heterocycles. The van der Waals surface area contributed by atoms with Crippen molar-refractivity contribution in [1.82, 2.24) is 0 Å². The zero-order valence-electron chi connectivity index (χ0n) is 56.6. The molecule has 84 heavy (non-hydrogen) atoms. The summed E-state index contributed by atoms with van der Waals surface area (Å²) >= 11 is 14.7. The Morgan fingerprint density at radius 3 is 0.417 bits per heavy atom. The lowest BCUT2D eigenvalue weighted by molar-refractivity contribution is 0.274. The van der Waals surface area contributed by atoms with Crippen molar-refractivity contribution in [3.05, 3.63) is 0 Å². The van der Waals surface area contributed by atoms with Gasteiger partial charge in [0.2, 0.25) is 0 Å². The van der Waals surface area contributed by atoms with Crippen molar-refractivity contribution in [3.8, 4) is 0 Å². The van der Waals surface area contributed by atoms with Crippen molar-refractivity contribution in [1.29, 1.82) is 0 Å². The largest absolute Gasteiger partial charge is 0.123 e. The van der Waals surface area contributed by atoms with Gasteiger partial charge in [0.25, 0.3) is 0 Å². The predicted molar refractivity (Wildman–Crippen MR) is 388 cm³/mol. The molecule has 6 aliphatic carbocycles. The number of rotatable bonds is 42. The van der Waals surface area contributed by atoms with E-state index in [1.54, 1.807) is 0 Å². The standard InChI is InChI=1S/C78H138S6/c1-7-13-19-25-61-31-43-67(44-32-61)55-79-73-74(80-56-68-45-33-62(34-46-68)26-20-14-8-2)76(82-58-70-49-37-64(38-50-70)28-22-16-10-4)78(84-60-72-53-41-66(42-54-72)30-24-18-12-6)77(83-59-71-51-39-65(40-52-71)29-23-17-11-5)75(73)81-57-69-47-35-63(36-48-69)27-21-15-9-3/h61-72H,7-60H2,1-6H3. The topological polar surface area (TPSA) is 0 Å². The molecule has 486 valence electrons. The maximum absolute atomic E-state index is 2.46. The van der Waals surface area contributed by atoms with E-state index in [0.29, 0.717) is 0 Å². The van der Waals surface area contributed by atoms with E-state index in [0.717, 1.165) is 71.0 Å². The molecule has 7 rings (SSSR count). The summed E-state index contributed by atoms with van der Waals surface area (Å²) in [5.74, 6) is 19.5. The normalized spacial score (nSPS) is 28.9. The van der Waals surface area contributed by atoms with E-state index in [4.69, 9.17) is 0 Å². The highest BCUT2D eigenvalue weighted by atomic mass is 32.2. The molecule has 0 amide bonds. The van der Waals surface area contributed by atoms with Crippen LogP contribution in [0, 0.1) is 71.0 Å². The highest BCUT2D eigenvalue weighted by Gasteiger charge is 2.34. The van der Waals surface area contributed by atoms with Gasteiger partial charge in [-0.1, -0.05) is 273 Å². The number of hydrogen-bond donors (Lipinski definition) is 0. The fraction of sp³-hybridized carbons (Fsp3) is 0.923. The molecule has 0 heterocycles. The minimum Gasteiger partial charge on any atom is -0.123 e. The molecule has 1 aromatic carbocycles. The summed E-state index contributed by atoms with van der Waals surface area (Å²) < 4.78 is 0. The van der Waals surface area contributed by atoms with Crippen LogP contribution < -0.4 is 0 Å². The quantitative estimate of drug-likeness (QED) is 0.0469. The minimum atomic E-state index is 0.887. The third kappa shape index (κ3) is 26.7. The van der Waals surface area contributed by atoms with Gasteiger partial charge in [-0.25, -0.2) is 0 Å². The molecule has 0 spiro atoms. The van der Waals surface area contributed by atoms with Crippen LogP contribution >= 0.6 is 70.6 Å². The van der Waals surface area contributed by atoms with E-state index < -0.39 is 0 Å². The van der Waals surface area contributed by atoms with Crippen LogP contribution in [0.3, 0.4) is 0 Å². The second-order valence-electron chi connectivity index (χ2n) is 30.1. The third-order valence-corrected chi connectivity index (χ3v) is 31.9. The zero-order chi connectivity index (χ0) is 58.8. The number of thioether (sulfide) groups is 6. The van der Waals surface area contributed by atoms with Gasteiger partial charge >= 0.3 is 0 Å². The summed E-state index contributed by atoms with van der Waals surface area (Å²) in [6, 6.07) is 0. The van der Waals surface area contributed by atoms with Crippen LogP contribution in [0.2, 0.25) is 0 Å². The molecule has 6 aliphatic rings. The Bertz CT molecular complexity index is 1430. The first kappa shape index (κ1) is 72.7. The average molecular weight is 1270 g/mol. The summed E-state index contributed by atoms with van der Waals surface area (Å²) in [4.78, 5) is 11.0. The minimum absolute atomic E-state index is 0.887. The molecule has 0 N–H and O–H groups in total. The maximum Gasteiger partial charge on any atom is 0.0368 e. The van der Waals surface area contributed by atoms with E-state index in [2.05, 4.69) is 112 Å². The van der Waals surface area contributed by atoms with Gasteiger partial charge < -0.3 is 0 Å². The second-order valence-corrected chi connectivity index (χ2v) is 36.3. The Labute approximate surface area is 550 Å². The Morgan fingerprint density at radius 2 is 0.298 bits per heavy atom. The van der Waals surface area contributed by atoms with Gasteiger partial charge in [-0.15, -0.1) is 70.6 Å². The van der Waals surface area contributed by atoms with Gasteiger partial charge in [0.05, 0.1) is 0 Å². The Hall–Kier alpha value is 1.32. The van der Waals surface area contributed by atoms with E-state index in [-0.39, 0.29) is 0 Å². The first-order chi connectivity index (χ1) is 41.4. The van der Waals surface area contributed by atoms with Crippen LogP contribution in [0.25, 0.3) is 0 Å². The molecule has 0 unspecified atom stereocenters. The number of hydrogen-bond acceptors (Lipinski definition) is 6. The van der Waals surface area contributed by atoms with Gasteiger partial charge in [-0.2, -0.15) is 0 Å². The van der Waals surface area contributed by atoms with Crippen LogP contribution in [0.4, 0.5) is 0 Å². The molecule has 0 nitrogen and oxygen atoms in total. The summed E-state index contributed by atoms with van der Waals surface area (Å²) in [6.45, 7) is 14.4. The smallest absolute Gasteiger partial charge is 0.0368 e. The van der Waals surface area contributed by atoms with Crippen LogP contribution in [-0.2, 0) is 0 Å². The van der Waals surface area contributed by atoms with Crippen molar-refractivity contribution < 1.29 is 0 Å². The third-order valence-electron chi connectivity index (χ3n) is 23.1. The predicted octanol–water partition coefficient (Wildman–Crippen LogP) is 28.6. The molecule has 0 atom stereocenters. The van der Waals surface area contributed by atoms with Gasteiger partial charge in [0.1, 0.15) is 0 Å². The van der Waals surface area contributed by atoms with E-state index in [1.165, 1.54) is 343 Å². The maximum atomic E-state index is 2.46. The van der Waals surface area contributed by atoms with Crippen LogP contribution in [0.15, 0.2) is 29.4 Å². The Kier molecular flexibility index (Phi) is 38.1. The van der Waals surface area contributed by atoms with Crippen LogP contribution in [-0.4, -0.2) is 34.5 Å². The van der Waals surface area contributed by atoms with E-state index >= 15 is 0 Å². The highest BCUT2D eigenvalue weighted by Crippen LogP contribution is 2.57. The molecule has 0 saturated heterocycles. The van der Waals surface area contributed by atoms with Crippen LogP contribution in [0.5, 0.6) is 0 Å². The fourth-order valence-corrected chi connectivity index (χ4v) is 26.6. The molecule has 0 radical (unpaired) electrons. The number of benzene rings is 1. The summed E-state index contributed by atoms with van der Waals surface area (Å²) in [6.07, 6.45) is 70.4.